The van der Waals surface area contributed by atoms with E-state index in [1.165, 1.54) is 24.3 Å². The Morgan fingerprint density at radius 1 is 1.16 bits per heavy atom. The van der Waals surface area contributed by atoms with Gasteiger partial charge in [-0.05, 0) is 29.8 Å². The summed E-state index contributed by atoms with van der Waals surface area (Å²) in [6.45, 7) is -0.977. The molecule has 4 N–H and O–H groups in total. The largest absolute Gasteiger partial charge is 0.479 e. The van der Waals surface area contributed by atoms with Crippen molar-refractivity contribution < 1.29 is 33.1 Å². The molecule has 0 radical (unpaired) electrons. The highest BCUT2D eigenvalue weighted by atomic mass is 35.5. The van der Waals surface area contributed by atoms with Gasteiger partial charge in [-0.25, -0.2) is 18.6 Å². The first-order chi connectivity index (χ1) is 15.1. The maximum Gasteiger partial charge on any atom is 0.333 e. The minimum atomic E-state index is -1.91. The van der Waals surface area contributed by atoms with Crippen molar-refractivity contribution in [3.63, 3.8) is 0 Å². The molecule has 0 aliphatic carbocycles. The Morgan fingerprint density at radius 3 is 2.53 bits per heavy atom. The monoisotopic (exact) mass is 467 g/mol. The van der Waals surface area contributed by atoms with Gasteiger partial charge in [0.2, 0.25) is 5.76 Å². The summed E-state index contributed by atoms with van der Waals surface area (Å²) < 4.78 is 33.5. The lowest BCUT2D eigenvalue weighted by Gasteiger charge is -2.24. The van der Waals surface area contributed by atoms with Crippen LogP contribution in [0, 0.1) is 11.6 Å². The summed E-state index contributed by atoms with van der Waals surface area (Å²) in [6.07, 6.45) is -1.91. The average molecular weight is 468 g/mol. The van der Waals surface area contributed by atoms with Gasteiger partial charge in [-0.15, -0.1) is 0 Å². The smallest absolute Gasteiger partial charge is 0.333 e. The number of H-pyrrole nitrogens is 1. The van der Waals surface area contributed by atoms with Crippen LogP contribution in [0.3, 0.4) is 0 Å². The number of aliphatic hydroxyl groups excluding tert-OH is 1. The Labute approximate surface area is 183 Å². The van der Waals surface area contributed by atoms with Gasteiger partial charge in [0.15, 0.2) is 6.10 Å². The van der Waals surface area contributed by atoms with E-state index in [0.29, 0.717) is 0 Å². The second kappa shape index (κ2) is 9.73. The van der Waals surface area contributed by atoms with Crippen molar-refractivity contribution in [3.8, 4) is 11.1 Å². The van der Waals surface area contributed by atoms with Gasteiger partial charge in [-0.2, -0.15) is 5.16 Å². The third-order valence-corrected chi connectivity index (χ3v) is 4.57. The molecule has 168 valence electrons. The molecule has 1 aromatic heterocycles. The molecule has 0 aliphatic heterocycles. The topological polar surface area (TPSA) is 136 Å². The van der Waals surface area contributed by atoms with Crippen LogP contribution in [0.4, 0.5) is 8.78 Å². The van der Waals surface area contributed by atoms with E-state index >= 15 is 0 Å². The number of halogens is 3. The number of hydrogen-bond acceptors (Lipinski definition) is 6. The van der Waals surface area contributed by atoms with Crippen LogP contribution < -0.4 is 11.0 Å². The normalized spacial score (nSPS) is 12.0. The van der Waals surface area contributed by atoms with E-state index in [1.807, 2.05) is 5.16 Å². The molecule has 32 heavy (non-hydrogen) atoms. The van der Waals surface area contributed by atoms with Gasteiger partial charge in [0.1, 0.15) is 11.6 Å². The predicted octanol–water partition coefficient (Wildman–Crippen LogP) is 2.16. The Kier molecular flexibility index (Phi) is 7.03. The number of carboxylic acids is 1. The number of rotatable bonds is 8. The van der Waals surface area contributed by atoms with Crippen LogP contribution in [0.1, 0.15) is 16.1 Å². The van der Waals surface area contributed by atoms with E-state index in [2.05, 4.69) is 9.95 Å². The second-order valence-corrected chi connectivity index (χ2v) is 7.12. The molecular formula is C20H16ClF2N3O6. The highest BCUT2D eigenvalue weighted by molar-refractivity contribution is 6.30. The van der Waals surface area contributed by atoms with Crippen molar-refractivity contribution in [3.05, 3.63) is 80.8 Å². The van der Waals surface area contributed by atoms with E-state index in [4.69, 9.17) is 16.7 Å². The van der Waals surface area contributed by atoms with Crippen molar-refractivity contribution in [1.82, 2.24) is 15.6 Å². The number of nitrogens with one attached hydrogen (secondary N) is 2. The molecule has 0 saturated carbocycles. The molecule has 9 nitrogen and oxygen atoms in total. The lowest BCUT2D eigenvalue weighted by Crippen LogP contribution is -2.47. The van der Waals surface area contributed by atoms with Gasteiger partial charge >= 0.3 is 11.9 Å². The molecule has 0 unspecified atom stereocenters. The summed E-state index contributed by atoms with van der Waals surface area (Å²) in [7, 11) is 0. The highest BCUT2D eigenvalue weighted by Gasteiger charge is 2.23. The first kappa shape index (κ1) is 23.1. The van der Waals surface area contributed by atoms with Crippen molar-refractivity contribution >= 4 is 23.5 Å². The maximum absolute atomic E-state index is 14.7. The average Bonchev–Trinajstić information content (AvgIpc) is 3.17. The van der Waals surface area contributed by atoms with Gasteiger partial charge < -0.3 is 14.7 Å². The van der Waals surface area contributed by atoms with Gasteiger partial charge in [0.25, 0.3) is 5.56 Å². The molecule has 0 aliphatic rings. The Morgan fingerprint density at radius 2 is 1.91 bits per heavy atom. The number of benzene rings is 2. The molecular weight excluding hydrogens is 452 g/mol. The minimum Gasteiger partial charge on any atom is -0.479 e. The van der Waals surface area contributed by atoms with Crippen LogP contribution >= 0.6 is 11.6 Å². The number of aromatic nitrogens is 1. The lowest BCUT2D eigenvalue weighted by molar-refractivity contribution is -0.148. The SMILES string of the molecule is O=C(NN(Cc1ccc(-c2cc(Cl)ccc2F)cc1F)C[C@@H](O)C(=O)O)c1cc(=O)[nH]o1. The van der Waals surface area contributed by atoms with Crippen molar-refractivity contribution in [2.75, 3.05) is 6.54 Å². The number of amides is 1. The first-order valence-electron chi connectivity index (χ1n) is 9.03. The van der Waals surface area contributed by atoms with Crippen LogP contribution in [0.5, 0.6) is 0 Å². The number of aromatic amines is 1. The van der Waals surface area contributed by atoms with Gasteiger partial charge in [0.05, 0.1) is 12.6 Å². The zero-order valence-corrected chi connectivity index (χ0v) is 16.9. The maximum atomic E-state index is 14.7. The number of hydrazine groups is 1. The summed E-state index contributed by atoms with van der Waals surface area (Å²) in [4.78, 5) is 34.4. The van der Waals surface area contributed by atoms with Crippen LogP contribution in [-0.4, -0.2) is 44.9 Å². The van der Waals surface area contributed by atoms with Crippen molar-refractivity contribution in [2.24, 2.45) is 0 Å². The molecule has 0 saturated heterocycles. The highest BCUT2D eigenvalue weighted by Crippen LogP contribution is 2.27. The second-order valence-electron chi connectivity index (χ2n) is 6.68. The van der Waals surface area contributed by atoms with E-state index < -0.39 is 47.5 Å². The minimum absolute atomic E-state index is 0.00426. The number of carbonyl (C=O) groups is 2. The lowest BCUT2D eigenvalue weighted by atomic mass is 10.0. The molecule has 3 aromatic rings. The summed E-state index contributed by atoms with van der Waals surface area (Å²) in [6, 6.07) is 8.49. The van der Waals surface area contributed by atoms with E-state index in [9.17, 15) is 28.3 Å². The van der Waals surface area contributed by atoms with Crippen LogP contribution in [-0.2, 0) is 11.3 Å². The molecule has 1 atom stereocenters. The molecule has 2 aromatic carbocycles. The number of nitrogens with zero attached hydrogens (tertiary/aromatic N) is 1. The number of carbonyl (C=O) groups excluding carboxylic acids is 1. The summed E-state index contributed by atoms with van der Waals surface area (Å²) in [5.74, 6) is -4.28. The zero-order valence-electron chi connectivity index (χ0n) is 16.1. The molecule has 3 rings (SSSR count). The molecule has 0 fully saturated rings. The van der Waals surface area contributed by atoms with Crippen molar-refractivity contribution in [2.45, 2.75) is 12.6 Å². The van der Waals surface area contributed by atoms with Crippen LogP contribution in [0.2, 0.25) is 5.02 Å². The van der Waals surface area contributed by atoms with Crippen LogP contribution in [0.25, 0.3) is 11.1 Å². The summed E-state index contributed by atoms with van der Waals surface area (Å²) in [5.41, 5.74) is 1.86. The fourth-order valence-corrected chi connectivity index (χ4v) is 2.97. The summed E-state index contributed by atoms with van der Waals surface area (Å²) >= 11 is 5.87. The van der Waals surface area contributed by atoms with Crippen LogP contribution in [0.15, 0.2) is 51.8 Å². The number of aliphatic hydroxyl groups is 1. The Bertz CT molecular complexity index is 1210. The number of aliphatic carboxylic acids is 1. The Balaban J connectivity index is 1.84. The fraction of sp³-hybridized carbons (Fsp3) is 0.150. The number of carboxylic acid groups (broad SMARTS) is 1. The quantitative estimate of drug-likeness (QED) is 0.373. The molecule has 12 heteroatoms. The molecule has 0 bridgehead atoms. The summed E-state index contributed by atoms with van der Waals surface area (Å²) in [5, 5.41) is 21.7. The fourth-order valence-electron chi connectivity index (χ4n) is 2.80. The Hall–Kier alpha value is -3.54. The van der Waals surface area contributed by atoms with E-state index in [-0.39, 0.29) is 28.3 Å². The third kappa shape index (κ3) is 5.58. The van der Waals surface area contributed by atoms with Gasteiger partial charge in [-0.1, -0.05) is 23.7 Å². The van der Waals surface area contributed by atoms with Gasteiger partial charge in [0, 0.05) is 22.7 Å². The molecule has 1 heterocycles. The predicted molar refractivity (Wildman–Crippen MR) is 108 cm³/mol. The molecule has 0 spiro atoms. The zero-order chi connectivity index (χ0) is 23.4. The van der Waals surface area contributed by atoms with Crippen molar-refractivity contribution in [1.29, 1.82) is 0 Å². The van der Waals surface area contributed by atoms with E-state index in [1.54, 1.807) is 0 Å². The molecule has 1 amide bonds. The van der Waals surface area contributed by atoms with Gasteiger partial charge in [-0.3, -0.25) is 15.0 Å². The third-order valence-electron chi connectivity index (χ3n) is 4.34. The standard InChI is InChI=1S/C20H16ClF2N3O6/c21-12-3-4-14(22)13(6-12)10-1-2-11(15(23)5-10)8-26(9-16(27)20(30)31)24-19(29)17-7-18(28)25-32-17/h1-7,16,27H,8-9H2,(H,24,29)(H,25,28)(H,30,31)/t16-/m1/s1. The first-order valence-corrected chi connectivity index (χ1v) is 9.41. The number of hydrogen-bond donors (Lipinski definition) is 4. The van der Waals surface area contributed by atoms with E-state index in [0.717, 1.165) is 23.2 Å².